The fraction of sp³-hybridized carbons (Fsp3) is 0.724. The van der Waals surface area contributed by atoms with E-state index in [4.69, 9.17) is 9.57 Å². The first kappa shape index (κ1) is 28.6. The third-order valence-electron chi connectivity index (χ3n) is 10.6. The number of aliphatic hydroxyl groups excluding tert-OH is 1. The van der Waals surface area contributed by atoms with Gasteiger partial charge in [0.25, 0.3) is 11.8 Å². The quantitative estimate of drug-likeness (QED) is 0.347. The van der Waals surface area contributed by atoms with E-state index in [0.29, 0.717) is 24.3 Å². The van der Waals surface area contributed by atoms with Crippen molar-refractivity contribution < 1.29 is 48.6 Å². The number of Topliss-reactive ketones (excluding diaryl/α,β-unsaturated/α-hetero) is 1. The van der Waals surface area contributed by atoms with Crippen LogP contribution in [0.3, 0.4) is 0 Å². The van der Waals surface area contributed by atoms with E-state index < -0.39 is 66.1 Å². The van der Waals surface area contributed by atoms with Gasteiger partial charge in [0.2, 0.25) is 5.78 Å². The molecule has 7 atom stereocenters. The zero-order valence-electron chi connectivity index (χ0n) is 23.0. The first-order chi connectivity index (χ1) is 18.8. The minimum absolute atomic E-state index is 0.00710. The van der Waals surface area contributed by atoms with Crippen LogP contribution in [-0.2, 0) is 38.3 Å². The van der Waals surface area contributed by atoms with Gasteiger partial charge in [-0.1, -0.05) is 19.4 Å². The third kappa shape index (κ3) is 4.51. The summed E-state index contributed by atoms with van der Waals surface area (Å²) in [6.45, 7) is 3.31. The van der Waals surface area contributed by atoms with Crippen molar-refractivity contribution in [3.05, 3.63) is 11.6 Å². The topological polar surface area (TPSA) is 165 Å². The molecule has 0 aromatic heterocycles. The number of amides is 2. The number of esters is 1. The van der Waals surface area contributed by atoms with Crippen molar-refractivity contribution >= 4 is 35.3 Å². The van der Waals surface area contributed by atoms with Crippen molar-refractivity contribution in [1.82, 2.24) is 5.06 Å². The van der Waals surface area contributed by atoms with Gasteiger partial charge < -0.3 is 19.8 Å². The van der Waals surface area contributed by atoms with Crippen LogP contribution in [0.4, 0.5) is 0 Å². The molecular weight excluding hydrogens is 522 g/mol. The maximum atomic E-state index is 13.3. The van der Waals surface area contributed by atoms with Crippen LogP contribution in [-0.4, -0.2) is 68.9 Å². The monoisotopic (exact) mass is 559 g/mol. The number of ether oxygens (including phenoxy) is 1. The molecule has 11 heteroatoms. The Hall–Kier alpha value is -2.92. The predicted octanol–water partition coefficient (Wildman–Crippen LogP) is 1.72. The van der Waals surface area contributed by atoms with Crippen molar-refractivity contribution in [3.63, 3.8) is 0 Å². The van der Waals surface area contributed by atoms with E-state index in [2.05, 4.69) is 6.92 Å². The highest BCUT2D eigenvalue weighted by atomic mass is 16.7. The number of rotatable bonds is 7. The van der Waals surface area contributed by atoms with Crippen LogP contribution in [0.15, 0.2) is 11.6 Å². The standard InChI is InChI=1S/C29H37NO10/c1-27-11-9-17(31)13-16(27)3-4-18-19-10-12-29(38,28(19,2)14-20(32)26(18)27)21(33)15-39-24(36)7-8-25(37)40-30-22(34)5-6-23(30)35/h13,18-20,26,32,38H,3-12,14-15H2,1-2H3/t18-,19-,20+,26+,27+,28+,29+/m1/s1. The molecule has 4 fully saturated rings. The molecule has 1 aliphatic heterocycles. The van der Waals surface area contributed by atoms with E-state index >= 15 is 0 Å². The Morgan fingerprint density at radius 3 is 2.35 bits per heavy atom. The molecule has 2 N–H and O–H groups in total. The molecule has 2 amide bonds. The first-order valence-corrected chi connectivity index (χ1v) is 14.2. The van der Waals surface area contributed by atoms with Crippen LogP contribution in [0, 0.1) is 28.6 Å². The SMILES string of the molecule is C[C@]12CCC(=O)C=C1CC[C@H]1[C@H]2[C@@H](O)C[C@@]2(C)[C@@H]1CC[C@]2(O)C(=O)COC(=O)CCC(=O)ON1C(=O)CCC1=O. The summed E-state index contributed by atoms with van der Waals surface area (Å²) < 4.78 is 5.09. The van der Waals surface area contributed by atoms with Gasteiger partial charge >= 0.3 is 11.9 Å². The summed E-state index contributed by atoms with van der Waals surface area (Å²) >= 11 is 0. The van der Waals surface area contributed by atoms with Crippen molar-refractivity contribution in [2.24, 2.45) is 28.6 Å². The molecule has 1 heterocycles. The molecule has 5 rings (SSSR count). The van der Waals surface area contributed by atoms with E-state index in [1.54, 1.807) is 6.08 Å². The largest absolute Gasteiger partial charge is 0.458 e. The molecule has 0 radical (unpaired) electrons. The van der Waals surface area contributed by atoms with Crippen LogP contribution >= 0.6 is 0 Å². The predicted molar refractivity (Wildman–Crippen MR) is 135 cm³/mol. The molecule has 40 heavy (non-hydrogen) atoms. The molecular formula is C29H37NO10. The summed E-state index contributed by atoms with van der Waals surface area (Å²) in [6, 6.07) is 0. The van der Waals surface area contributed by atoms with Gasteiger partial charge in [-0.2, -0.15) is 0 Å². The van der Waals surface area contributed by atoms with Crippen LogP contribution in [0.25, 0.3) is 0 Å². The molecule has 0 spiro atoms. The molecule has 0 aromatic carbocycles. The van der Waals surface area contributed by atoms with Gasteiger partial charge in [0.05, 0.1) is 18.9 Å². The second-order valence-corrected chi connectivity index (χ2v) is 12.6. The first-order valence-electron chi connectivity index (χ1n) is 14.2. The molecule has 218 valence electrons. The maximum absolute atomic E-state index is 13.3. The second-order valence-electron chi connectivity index (χ2n) is 12.6. The smallest absolute Gasteiger partial charge is 0.333 e. The highest BCUT2D eigenvalue weighted by Crippen LogP contribution is 2.67. The minimum Gasteiger partial charge on any atom is -0.458 e. The molecule has 0 bridgehead atoms. The highest BCUT2D eigenvalue weighted by Gasteiger charge is 2.68. The summed E-state index contributed by atoms with van der Waals surface area (Å²) in [5.41, 5.74) is -1.86. The summed E-state index contributed by atoms with van der Waals surface area (Å²) in [5, 5.41) is 23.6. The number of allylic oxidation sites excluding steroid dienone is 1. The Labute approximate surface area is 232 Å². The molecule has 5 aliphatic rings. The fourth-order valence-corrected chi connectivity index (χ4v) is 8.50. The average Bonchev–Trinajstić information content (AvgIpc) is 3.36. The number of ketones is 2. The van der Waals surface area contributed by atoms with E-state index in [9.17, 15) is 39.0 Å². The third-order valence-corrected chi connectivity index (χ3v) is 10.6. The zero-order valence-corrected chi connectivity index (χ0v) is 23.0. The van der Waals surface area contributed by atoms with Crippen molar-refractivity contribution in [2.45, 2.75) is 96.2 Å². The number of imide groups is 1. The van der Waals surface area contributed by atoms with Crippen LogP contribution < -0.4 is 0 Å². The Morgan fingerprint density at radius 1 is 0.975 bits per heavy atom. The van der Waals surface area contributed by atoms with Crippen molar-refractivity contribution in [3.8, 4) is 0 Å². The Kier molecular flexibility index (Phi) is 7.27. The van der Waals surface area contributed by atoms with Gasteiger partial charge in [-0.3, -0.25) is 24.0 Å². The average molecular weight is 560 g/mol. The number of nitrogens with zero attached hydrogens (tertiary/aromatic N) is 1. The van der Waals surface area contributed by atoms with Crippen LogP contribution in [0.2, 0.25) is 0 Å². The lowest BCUT2D eigenvalue weighted by atomic mass is 9.45. The number of hydrogen-bond donors (Lipinski definition) is 2. The lowest BCUT2D eigenvalue weighted by Gasteiger charge is -2.60. The Bertz CT molecular complexity index is 1180. The van der Waals surface area contributed by atoms with Crippen molar-refractivity contribution in [1.29, 1.82) is 0 Å². The molecule has 11 nitrogen and oxygen atoms in total. The number of fused-ring (bicyclic) bond motifs is 5. The molecule has 3 saturated carbocycles. The van der Waals surface area contributed by atoms with Gasteiger partial charge in [-0.05, 0) is 67.8 Å². The normalized spacial score (nSPS) is 38.8. The Balaban J connectivity index is 1.20. The minimum atomic E-state index is -1.78. The number of hydroxylamine groups is 2. The molecule has 0 unspecified atom stereocenters. The maximum Gasteiger partial charge on any atom is 0.333 e. The van der Waals surface area contributed by atoms with E-state index in [-0.39, 0.29) is 54.6 Å². The number of carbonyl (C=O) groups excluding carboxylic acids is 6. The summed E-state index contributed by atoms with van der Waals surface area (Å²) in [4.78, 5) is 77.4. The Morgan fingerprint density at radius 2 is 1.65 bits per heavy atom. The number of carbonyl (C=O) groups is 6. The van der Waals surface area contributed by atoms with Gasteiger partial charge in [0.1, 0.15) is 5.60 Å². The van der Waals surface area contributed by atoms with E-state index in [0.717, 1.165) is 18.4 Å². The number of aliphatic hydroxyl groups is 2. The number of hydrogen-bond acceptors (Lipinski definition) is 10. The van der Waals surface area contributed by atoms with E-state index in [1.807, 2.05) is 6.92 Å². The van der Waals surface area contributed by atoms with Gasteiger partial charge in [-0.25, -0.2) is 4.79 Å². The summed E-state index contributed by atoms with van der Waals surface area (Å²) in [7, 11) is 0. The fourth-order valence-electron chi connectivity index (χ4n) is 8.50. The molecule has 1 saturated heterocycles. The highest BCUT2D eigenvalue weighted by molar-refractivity contribution is 6.01. The summed E-state index contributed by atoms with van der Waals surface area (Å²) in [6.07, 6.45) is 3.74. The zero-order chi connectivity index (χ0) is 29.0. The second kappa shape index (κ2) is 10.2. The van der Waals surface area contributed by atoms with E-state index in [1.165, 1.54) is 0 Å². The van der Waals surface area contributed by atoms with Crippen molar-refractivity contribution in [2.75, 3.05) is 6.61 Å². The molecule has 0 aromatic rings. The molecule has 4 aliphatic carbocycles. The van der Waals surface area contributed by atoms with Gasteiger partial charge in [0, 0.05) is 24.7 Å². The van der Waals surface area contributed by atoms with Gasteiger partial charge in [0.15, 0.2) is 12.4 Å². The lowest BCUT2D eigenvalue weighted by molar-refractivity contribution is -0.197. The van der Waals surface area contributed by atoms with Crippen LogP contribution in [0.1, 0.15) is 84.5 Å². The van der Waals surface area contributed by atoms with Crippen LogP contribution in [0.5, 0.6) is 0 Å². The summed E-state index contributed by atoms with van der Waals surface area (Å²) in [5.74, 6) is -3.55. The van der Waals surface area contributed by atoms with Gasteiger partial charge in [-0.15, -0.1) is 5.06 Å². The lowest BCUT2D eigenvalue weighted by Crippen LogP contribution is -2.62.